The van der Waals surface area contributed by atoms with Crippen molar-refractivity contribution < 1.29 is 28.8 Å². The Morgan fingerprint density at radius 2 is 0.705 bits per heavy atom. The maximum atomic E-state index is 13.0. The maximum absolute atomic E-state index is 13.0. The Balaban J connectivity index is 0.000000127. The number of primary amides is 1. The van der Waals surface area contributed by atoms with Gasteiger partial charge in [0.1, 0.15) is 0 Å². The van der Waals surface area contributed by atoms with E-state index in [1.165, 1.54) is 22.3 Å². The molecule has 5 aliphatic carbocycles. The van der Waals surface area contributed by atoms with Crippen LogP contribution in [0, 0.1) is 17.2 Å². The van der Waals surface area contributed by atoms with Crippen LogP contribution < -0.4 is 62.6 Å². The number of benzene rings is 5. The topological polar surface area (TPSA) is 374 Å². The highest BCUT2D eigenvalue weighted by Crippen LogP contribution is 2.52. The first-order chi connectivity index (χ1) is 62.1. The number of hydrogen-bond donors (Lipinski definition) is 7. The van der Waals surface area contributed by atoms with Gasteiger partial charge in [-0.1, -0.05) is 133 Å². The van der Waals surface area contributed by atoms with Crippen LogP contribution in [0.15, 0.2) is 195 Å². The van der Waals surface area contributed by atoms with Crippen molar-refractivity contribution in [1.82, 2.24) is 85.6 Å². The summed E-state index contributed by atoms with van der Waals surface area (Å²) in [6.07, 6.45) is 30.3. The van der Waals surface area contributed by atoms with Gasteiger partial charge in [-0.3, -0.25) is 59.0 Å². The van der Waals surface area contributed by atoms with E-state index in [0.29, 0.717) is 71.8 Å². The van der Waals surface area contributed by atoms with Crippen molar-refractivity contribution in [1.29, 1.82) is 5.26 Å². The Morgan fingerprint density at radius 1 is 0.411 bits per heavy atom. The van der Waals surface area contributed by atoms with E-state index in [1.807, 2.05) is 23.1 Å². The quantitative estimate of drug-likeness (QED) is 0.0419. The zero-order valence-electron chi connectivity index (χ0n) is 75.2. The van der Waals surface area contributed by atoms with Gasteiger partial charge in [0, 0.05) is 59.8 Å². The summed E-state index contributed by atoms with van der Waals surface area (Å²) in [5, 5.41) is 25.2. The van der Waals surface area contributed by atoms with Crippen molar-refractivity contribution in [2.75, 3.05) is 151 Å². The highest BCUT2D eigenvalue weighted by molar-refractivity contribution is 5.98. The number of nitrogens with zero attached hydrogens (tertiary/aromatic N) is 19. The fraction of sp³-hybridized carbons (Fsp3) is 0.454. The summed E-state index contributed by atoms with van der Waals surface area (Å²) in [4.78, 5) is 130. The Labute approximate surface area is 755 Å². The third-order valence-electron chi connectivity index (χ3n) is 29.4. The van der Waals surface area contributed by atoms with Gasteiger partial charge in [0.25, 0.3) is 0 Å². The van der Waals surface area contributed by atoms with Gasteiger partial charge in [0.05, 0.1) is 139 Å². The van der Waals surface area contributed by atoms with Gasteiger partial charge < -0.3 is 37.6 Å². The monoisotopic (exact) mass is 1740 g/mol. The zero-order valence-corrected chi connectivity index (χ0v) is 75.2. The van der Waals surface area contributed by atoms with Gasteiger partial charge in [0.15, 0.2) is 5.82 Å². The summed E-state index contributed by atoms with van der Waals surface area (Å²) < 4.78 is 0. The minimum atomic E-state index is -0.309. The molecule has 4 spiro atoms. The second-order valence-electron chi connectivity index (χ2n) is 37.6. The third-order valence-corrected chi connectivity index (χ3v) is 29.4. The number of urea groups is 4. The Hall–Kier alpha value is -12.7. The zero-order chi connectivity index (χ0) is 90.5. The summed E-state index contributed by atoms with van der Waals surface area (Å²) in [6, 6.07) is 51.8. The Bertz CT molecular complexity index is 5450. The Kier molecular flexibility index (Phi) is 25.9. The second kappa shape index (κ2) is 37.2. The van der Waals surface area contributed by atoms with E-state index in [0.717, 1.165) is 142 Å². The third kappa shape index (κ3) is 18.7. The number of carbonyl (C=O) groups excluding carboxylic acids is 6. The number of rotatable bonds is 18. The fourth-order valence-electron chi connectivity index (χ4n) is 21.2. The lowest BCUT2D eigenvalue weighted by Crippen LogP contribution is -2.54. The van der Waals surface area contributed by atoms with Crippen molar-refractivity contribution in [2.24, 2.45) is 11.7 Å². The highest BCUT2D eigenvalue weighted by atomic mass is 16.2. The molecule has 32 nitrogen and oxygen atoms in total. The standard InChI is InChI=1S/C27H28N6O.C26H36N8O2.C24H30N6O2.C20H26N6O/c1-32(2)27(21-9-4-3-5-10-21)14-12-26(13-15-27)19-33(25(34)31-26)22-17-29-24(30-18-22)23-11-7-6-8-20(23)16-28;1-31(2)26(20-6-4-3-5-7-20)10-8-25(9-11-26)19-34(24(36)30-25)21-16-28-23(29-17-21)33-14-12-32(13-15-33)18-22(27)35;1-29(2)24(18-6-4-3-5-7-18)12-10-23(11-13-24)16-30(22(32)28-23)19-14-25-21(26-15-19)27-20(31)17-8-9-17;1-25(2)20(15-6-4-3-5-7-15)10-8-19(9-11-20)14-26(18(27)24-19)16-12-22-17(21)23-13-16/h3-11,17-18H,12-15,19H2,1-2H3,(H,31,34);3-7,16-17H,8-15,18-19H2,1-2H3,(H2,27,35)(H,30,36);3-7,14-15,17H,8-13,16H2,1-2H3,(H,28,32)(H,25,26,27,31);3-7,12-13H,8-11,14H2,1-2H3,(H,24,27)(H2,21,22,23). The van der Waals surface area contributed by atoms with E-state index < -0.39 is 0 Å². The first-order valence-corrected chi connectivity index (χ1v) is 45.0. The van der Waals surface area contributed by atoms with Crippen LogP contribution in [-0.2, 0) is 31.7 Å². The molecular formula is C97H120N26O6. The molecule has 19 rings (SSSR count). The number of anilines is 7. The molecule has 32 heteroatoms. The van der Waals surface area contributed by atoms with Crippen molar-refractivity contribution >= 4 is 76.5 Å². The number of nitrogen functional groups attached to an aromatic ring is 1. The van der Waals surface area contributed by atoms with Crippen molar-refractivity contribution in [2.45, 2.75) is 160 Å². The lowest BCUT2D eigenvalue weighted by Gasteiger charge is -2.48. The molecule has 9 N–H and O–H groups in total. The lowest BCUT2D eigenvalue weighted by molar-refractivity contribution is -0.119. The largest absolute Gasteiger partial charge is 0.369 e. The Morgan fingerprint density at radius 3 is 1.01 bits per heavy atom. The summed E-state index contributed by atoms with van der Waals surface area (Å²) >= 11 is 0. The van der Waals surface area contributed by atoms with Gasteiger partial charge >= 0.3 is 24.1 Å². The molecule has 5 aromatic carbocycles. The molecule has 0 unspecified atom stereocenters. The molecule has 10 fully saturated rings. The van der Waals surface area contributed by atoms with E-state index in [-0.39, 0.29) is 105 Å². The van der Waals surface area contributed by atoms with Crippen LogP contribution in [0.25, 0.3) is 11.4 Å². The molecule has 129 heavy (non-hydrogen) atoms. The molecule has 0 radical (unpaired) electrons. The SMILES string of the molecule is CN(C)C1(c2ccccc2)CCC2(CC1)CN(c1cnc(-c3ccccc3C#N)nc1)C(=O)N2.CN(C)C1(c2ccccc2)CCC2(CC1)CN(c1cnc(N)nc1)C(=O)N2.CN(C)C1(c2ccccc2)CCC2(CC1)CN(c1cnc(N3CCN(CC(N)=O)CC3)nc1)C(=O)N2.CN(C)C1(c2ccccc2)CCC2(CC1)CN(c1cnc(NC(=O)C3CC3)nc1)C(=O)N2. The van der Waals surface area contributed by atoms with Crippen LogP contribution in [0.4, 0.5) is 59.8 Å². The molecule has 9 aromatic rings. The van der Waals surface area contributed by atoms with Crippen LogP contribution in [0.5, 0.6) is 0 Å². The number of carbonyl (C=O) groups is 6. The summed E-state index contributed by atoms with van der Waals surface area (Å²) in [6.45, 7) is 5.68. The normalized spacial score (nSPS) is 26.6. The second-order valence-corrected chi connectivity index (χ2v) is 37.6. The molecule has 4 aromatic heterocycles. The average molecular weight is 1750 g/mol. The molecule has 5 saturated heterocycles. The first kappa shape index (κ1) is 89.7. The smallest absolute Gasteiger partial charge is 0.322 e. The van der Waals surface area contributed by atoms with Crippen molar-refractivity contribution in [3.8, 4) is 17.5 Å². The number of nitrogens with one attached hydrogen (secondary N) is 5. The summed E-state index contributed by atoms with van der Waals surface area (Å²) in [5.41, 5.74) is 19.2. The van der Waals surface area contributed by atoms with Crippen LogP contribution in [0.1, 0.15) is 143 Å². The van der Waals surface area contributed by atoms with Crippen LogP contribution in [-0.4, -0.2) is 238 Å². The van der Waals surface area contributed by atoms with E-state index in [1.54, 1.807) is 75.2 Å². The van der Waals surface area contributed by atoms with Gasteiger partial charge in [-0.25, -0.2) is 59.0 Å². The van der Waals surface area contributed by atoms with Crippen molar-refractivity contribution in [3.63, 3.8) is 0 Å². The van der Waals surface area contributed by atoms with Gasteiger partial charge in [0.2, 0.25) is 29.7 Å². The molecule has 10 amide bonds. The highest BCUT2D eigenvalue weighted by Gasteiger charge is 2.55. The minimum Gasteiger partial charge on any atom is -0.369 e. The van der Waals surface area contributed by atoms with Crippen molar-refractivity contribution in [3.05, 3.63) is 223 Å². The van der Waals surface area contributed by atoms with E-state index in [2.05, 4.69) is 275 Å². The van der Waals surface area contributed by atoms with Gasteiger partial charge in [-0.05, 0) is 206 Å². The molecular weight excluding hydrogens is 1630 g/mol. The number of piperazine rings is 1. The molecule has 674 valence electrons. The van der Waals surface area contributed by atoms with Crippen LogP contribution in [0.3, 0.4) is 0 Å². The molecule has 5 aliphatic heterocycles. The number of nitrogens with two attached hydrogens (primary N) is 2. The molecule has 0 atom stereocenters. The summed E-state index contributed by atoms with van der Waals surface area (Å²) in [7, 11) is 17.2. The number of amides is 10. The number of hydrogen-bond acceptors (Lipinski definition) is 22. The minimum absolute atomic E-state index is 0.00890. The van der Waals surface area contributed by atoms with E-state index in [4.69, 9.17) is 11.5 Å². The molecule has 10 aliphatic rings. The average Bonchev–Trinajstić information content (AvgIpc) is 1.64. The van der Waals surface area contributed by atoms with Gasteiger partial charge in [-0.15, -0.1) is 0 Å². The predicted molar refractivity (Wildman–Crippen MR) is 497 cm³/mol. The predicted octanol–water partition coefficient (Wildman–Crippen LogP) is 11.2. The molecule has 9 heterocycles. The first-order valence-electron chi connectivity index (χ1n) is 45.0. The fourth-order valence-corrected chi connectivity index (χ4v) is 21.2. The van der Waals surface area contributed by atoms with Crippen LogP contribution >= 0.6 is 0 Å². The van der Waals surface area contributed by atoms with E-state index in [9.17, 15) is 34.0 Å². The van der Waals surface area contributed by atoms with Crippen LogP contribution in [0.2, 0.25) is 0 Å². The molecule has 0 bridgehead atoms. The number of aromatic nitrogens is 8. The number of nitriles is 1. The maximum Gasteiger partial charge on any atom is 0.322 e. The summed E-state index contributed by atoms with van der Waals surface area (Å²) in [5.74, 6) is 1.38. The van der Waals surface area contributed by atoms with Gasteiger partial charge in [-0.2, -0.15) is 5.26 Å². The molecule has 5 saturated carbocycles. The lowest BCUT2D eigenvalue weighted by atomic mass is 9.69. The van der Waals surface area contributed by atoms with E-state index >= 15 is 0 Å².